The Morgan fingerprint density at radius 2 is 0.680 bits per heavy atom. The van der Waals surface area contributed by atoms with Gasteiger partial charge in [-0.05, 0) is 129 Å². The molecule has 232 valence electrons. The van der Waals surface area contributed by atoms with Gasteiger partial charge in [0.05, 0.1) is 0 Å². The molecule has 0 unspecified atom stereocenters. The Morgan fingerprint density at radius 1 is 0.200 bits per heavy atom. The average molecular weight is 633 g/mol. The first kappa shape index (κ1) is 28.5. The molecule has 0 heteroatoms. The molecule has 0 atom stereocenters. The highest BCUT2D eigenvalue weighted by molar-refractivity contribution is 6.25. The van der Waals surface area contributed by atoms with E-state index in [1.807, 2.05) is 0 Å². The first-order chi connectivity index (χ1) is 24.8. The van der Waals surface area contributed by atoms with Gasteiger partial charge >= 0.3 is 0 Å². The van der Waals surface area contributed by atoms with Crippen molar-refractivity contribution in [1.82, 2.24) is 0 Å². The van der Waals surface area contributed by atoms with Crippen molar-refractivity contribution in [3.8, 4) is 44.5 Å². The second kappa shape index (κ2) is 11.6. The molecule has 0 spiro atoms. The number of hydrogen-bond acceptors (Lipinski definition) is 0. The van der Waals surface area contributed by atoms with Crippen LogP contribution < -0.4 is 0 Å². The van der Waals surface area contributed by atoms with Crippen LogP contribution in [0.3, 0.4) is 0 Å². The van der Waals surface area contributed by atoms with Gasteiger partial charge in [0.1, 0.15) is 0 Å². The molecule has 0 saturated heterocycles. The SMILES string of the molecule is c1ccc(-c2cc(-c3ccccc3)cc(-c3c4ccccc4c(-c4cccc5c4ccc4cc6ccccc6cc45)c4ccccc34)c2)cc1. The van der Waals surface area contributed by atoms with Gasteiger partial charge in [-0.1, -0.05) is 164 Å². The van der Waals surface area contributed by atoms with Gasteiger partial charge in [0.25, 0.3) is 0 Å². The van der Waals surface area contributed by atoms with E-state index < -0.39 is 0 Å². The third-order valence-corrected chi connectivity index (χ3v) is 10.4. The van der Waals surface area contributed by atoms with E-state index in [1.54, 1.807) is 0 Å². The summed E-state index contributed by atoms with van der Waals surface area (Å²) in [5.74, 6) is 0. The van der Waals surface area contributed by atoms with Gasteiger partial charge in [0.2, 0.25) is 0 Å². The van der Waals surface area contributed by atoms with E-state index in [1.165, 1.54) is 98.4 Å². The molecule has 10 rings (SSSR count). The zero-order chi connectivity index (χ0) is 33.0. The van der Waals surface area contributed by atoms with Crippen LogP contribution in [0.1, 0.15) is 0 Å². The van der Waals surface area contributed by atoms with Crippen LogP contribution in [0.15, 0.2) is 194 Å². The molecule has 0 radical (unpaired) electrons. The Hall–Kier alpha value is -6.50. The van der Waals surface area contributed by atoms with Crippen molar-refractivity contribution in [2.24, 2.45) is 0 Å². The smallest absolute Gasteiger partial charge is 0.00201 e. The molecular formula is C50H32. The van der Waals surface area contributed by atoms with Crippen molar-refractivity contribution in [1.29, 1.82) is 0 Å². The van der Waals surface area contributed by atoms with Crippen molar-refractivity contribution in [3.05, 3.63) is 194 Å². The fourth-order valence-electron chi connectivity index (χ4n) is 8.10. The van der Waals surface area contributed by atoms with Crippen molar-refractivity contribution in [2.45, 2.75) is 0 Å². The molecule has 0 aliphatic rings. The van der Waals surface area contributed by atoms with Gasteiger partial charge in [-0.3, -0.25) is 0 Å². The van der Waals surface area contributed by atoms with Crippen LogP contribution in [0, 0.1) is 0 Å². The summed E-state index contributed by atoms with van der Waals surface area (Å²) < 4.78 is 0. The fraction of sp³-hybridized carbons (Fsp3) is 0. The summed E-state index contributed by atoms with van der Waals surface area (Å²) in [5.41, 5.74) is 9.90. The van der Waals surface area contributed by atoms with E-state index in [2.05, 4.69) is 194 Å². The van der Waals surface area contributed by atoms with Gasteiger partial charge in [-0.2, -0.15) is 0 Å². The van der Waals surface area contributed by atoms with Crippen LogP contribution in [0.4, 0.5) is 0 Å². The molecular weight excluding hydrogens is 601 g/mol. The highest BCUT2D eigenvalue weighted by atomic mass is 14.2. The number of fused-ring (bicyclic) bond motifs is 6. The molecule has 0 amide bonds. The predicted octanol–water partition coefficient (Wildman–Crippen LogP) is 14.1. The van der Waals surface area contributed by atoms with Crippen LogP contribution in [-0.4, -0.2) is 0 Å². The van der Waals surface area contributed by atoms with Gasteiger partial charge in [0.15, 0.2) is 0 Å². The third kappa shape index (κ3) is 4.61. The highest BCUT2D eigenvalue weighted by Crippen LogP contribution is 2.47. The molecule has 0 N–H and O–H groups in total. The van der Waals surface area contributed by atoms with E-state index in [4.69, 9.17) is 0 Å². The number of benzene rings is 10. The lowest BCUT2D eigenvalue weighted by Gasteiger charge is -2.20. The minimum atomic E-state index is 1.22. The van der Waals surface area contributed by atoms with Crippen LogP contribution >= 0.6 is 0 Å². The molecule has 0 aliphatic heterocycles. The Kier molecular flexibility index (Phi) is 6.60. The minimum Gasteiger partial charge on any atom is -0.0622 e. The monoisotopic (exact) mass is 632 g/mol. The Morgan fingerprint density at radius 3 is 1.28 bits per heavy atom. The molecule has 0 heterocycles. The molecule has 0 fully saturated rings. The maximum Gasteiger partial charge on any atom is -0.00201 e. The van der Waals surface area contributed by atoms with Crippen LogP contribution in [-0.2, 0) is 0 Å². The van der Waals surface area contributed by atoms with E-state index >= 15 is 0 Å². The third-order valence-electron chi connectivity index (χ3n) is 10.4. The molecule has 0 saturated carbocycles. The van der Waals surface area contributed by atoms with Crippen LogP contribution in [0.2, 0.25) is 0 Å². The van der Waals surface area contributed by atoms with Crippen molar-refractivity contribution >= 4 is 53.9 Å². The second-order valence-electron chi connectivity index (χ2n) is 13.3. The zero-order valence-electron chi connectivity index (χ0n) is 27.5. The second-order valence-corrected chi connectivity index (χ2v) is 13.3. The highest BCUT2D eigenvalue weighted by Gasteiger charge is 2.19. The Bertz CT molecular complexity index is 2780. The lowest BCUT2D eigenvalue weighted by atomic mass is 9.83. The molecule has 0 nitrogen and oxygen atoms in total. The fourth-order valence-corrected chi connectivity index (χ4v) is 8.10. The number of hydrogen-bond donors (Lipinski definition) is 0. The van der Waals surface area contributed by atoms with Crippen molar-refractivity contribution in [2.75, 3.05) is 0 Å². The van der Waals surface area contributed by atoms with Gasteiger partial charge in [0, 0.05) is 0 Å². The van der Waals surface area contributed by atoms with Gasteiger partial charge < -0.3 is 0 Å². The first-order valence-corrected chi connectivity index (χ1v) is 17.3. The molecule has 10 aromatic carbocycles. The quantitative estimate of drug-likeness (QED) is 0.134. The summed E-state index contributed by atoms with van der Waals surface area (Å²) in [6.07, 6.45) is 0. The standard InChI is InChI=1S/C50H32/c1-3-14-33(15-4-1)38-29-39(34-16-5-2-6-17-34)31-40(30-38)49-44-20-9-11-22-46(44)50(47-23-12-10-21-45(47)49)43-25-13-24-41-42(43)27-26-37-28-35-18-7-8-19-36(35)32-48(37)41/h1-32H. The summed E-state index contributed by atoms with van der Waals surface area (Å²) in [4.78, 5) is 0. The normalized spacial score (nSPS) is 11.6. The lowest BCUT2D eigenvalue weighted by Crippen LogP contribution is -1.93. The van der Waals surface area contributed by atoms with E-state index in [0.29, 0.717) is 0 Å². The van der Waals surface area contributed by atoms with Crippen molar-refractivity contribution in [3.63, 3.8) is 0 Å². The van der Waals surface area contributed by atoms with Crippen LogP contribution in [0.5, 0.6) is 0 Å². The topological polar surface area (TPSA) is 0 Å². The zero-order valence-corrected chi connectivity index (χ0v) is 27.5. The van der Waals surface area contributed by atoms with E-state index in [-0.39, 0.29) is 0 Å². The molecule has 10 aromatic rings. The average Bonchev–Trinajstić information content (AvgIpc) is 3.19. The first-order valence-electron chi connectivity index (χ1n) is 17.3. The minimum absolute atomic E-state index is 1.22. The van der Waals surface area contributed by atoms with Crippen LogP contribution in [0.25, 0.3) is 98.4 Å². The van der Waals surface area contributed by atoms with E-state index in [0.717, 1.165) is 0 Å². The predicted molar refractivity (Wildman–Crippen MR) is 216 cm³/mol. The van der Waals surface area contributed by atoms with Gasteiger partial charge in [-0.25, -0.2) is 0 Å². The molecule has 0 bridgehead atoms. The largest absolute Gasteiger partial charge is 0.0622 e. The van der Waals surface area contributed by atoms with E-state index in [9.17, 15) is 0 Å². The Labute approximate surface area is 291 Å². The Balaban J connectivity index is 1.28. The maximum absolute atomic E-state index is 2.38. The number of rotatable bonds is 4. The summed E-state index contributed by atoms with van der Waals surface area (Å²) in [6.45, 7) is 0. The van der Waals surface area contributed by atoms with Gasteiger partial charge in [-0.15, -0.1) is 0 Å². The molecule has 50 heavy (non-hydrogen) atoms. The van der Waals surface area contributed by atoms with Crippen molar-refractivity contribution < 1.29 is 0 Å². The molecule has 0 aromatic heterocycles. The lowest BCUT2D eigenvalue weighted by molar-refractivity contribution is 1.58. The summed E-state index contributed by atoms with van der Waals surface area (Å²) >= 11 is 0. The summed E-state index contributed by atoms with van der Waals surface area (Å²) in [5, 5.41) is 12.7. The summed E-state index contributed by atoms with van der Waals surface area (Å²) in [7, 11) is 0. The molecule has 0 aliphatic carbocycles. The summed E-state index contributed by atoms with van der Waals surface area (Å²) in [6, 6.07) is 71.4. The maximum atomic E-state index is 2.38.